The number of aromatic nitrogens is 2. The lowest BCUT2D eigenvalue weighted by Gasteiger charge is -2.26. The average Bonchev–Trinajstić information content (AvgIpc) is 3.33. The van der Waals surface area contributed by atoms with Crippen LogP contribution in [0.5, 0.6) is 0 Å². The molecule has 3 aromatic carbocycles. The zero-order valence-corrected chi connectivity index (χ0v) is 19.5. The summed E-state index contributed by atoms with van der Waals surface area (Å²) >= 11 is 0. The summed E-state index contributed by atoms with van der Waals surface area (Å²) in [5, 5.41) is 4.46. The number of amides is 1. The summed E-state index contributed by atoms with van der Waals surface area (Å²) in [5.41, 5.74) is 4.17. The van der Waals surface area contributed by atoms with E-state index < -0.39 is 9.84 Å². The molecule has 1 aromatic heterocycles. The molecule has 4 aromatic rings. The van der Waals surface area contributed by atoms with Crippen LogP contribution in [-0.2, 0) is 9.84 Å². The number of carbonyl (C=O) groups excluding carboxylic acids is 1. The van der Waals surface area contributed by atoms with Crippen molar-refractivity contribution in [3.63, 3.8) is 0 Å². The molecule has 1 amide bonds. The largest absolute Gasteiger partial charge is 0.335 e. The van der Waals surface area contributed by atoms with Gasteiger partial charge >= 0.3 is 0 Å². The first-order valence-electron chi connectivity index (χ1n) is 10.5. The fourth-order valence-corrected chi connectivity index (χ4v) is 4.33. The van der Waals surface area contributed by atoms with Crippen molar-refractivity contribution < 1.29 is 13.2 Å². The minimum Gasteiger partial charge on any atom is -0.335 e. The second-order valence-electron chi connectivity index (χ2n) is 7.98. The molecule has 0 N–H and O–H groups in total. The van der Waals surface area contributed by atoms with E-state index in [2.05, 4.69) is 5.10 Å². The molecule has 0 saturated heterocycles. The van der Waals surface area contributed by atoms with E-state index >= 15 is 0 Å². The molecule has 0 fully saturated rings. The average molecular weight is 460 g/mol. The van der Waals surface area contributed by atoms with Crippen LogP contribution in [0, 0.1) is 0 Å². The van der Waals surface area contributed by atoms with Gasteiger partial charge in [-0.05, 0) is 48.9 Å². The van der Waals surface area contributed by atoms with Crippen LogP contribution in [0.15, 0.2) is 96.0 Å². The first kappa shape index (κ1) is 22.5. The SMILES string of the molecule is CC(c1ccc(S(C)(=O)=O)cc1)N(C)C(=O)c1cccc(-n2nccc2-c2ccccc2)c1. The second kappa shape index (κ2) is 9.03. The van der Waals surface area contributed by atoms with Gasteiger partial charge in [0, 0.05) is 24.4 Å². The van der Waals surface area contributed by atoms with Crippen molar-refractivity contribution in [3.05, 3.63) is 102 Å². The van der Waals surface area contributed by atoms with E-state index in [1.165, 1.54) is 6.26 Å². The normalized spacial score (nSPS) is 12.3. The van der Waals surface area contributed by atoms with Crippen molar-refractivity contribution in [2.45, 2.75) is 17.9 Å². The van der Waals surface area contributed by atoms with Crippen LogP contribution in [0.25, 0.3) is 16.9 Å². The predicted octanol–water partition coefficient (Wildman–Crippen LogP) is 4.78. The first-order valence-corrected chi connectivity index (χ1v) is 12.4. The van der Waals surface area contributed by atoms with Crippen molar-refractivity contribution >= 4 is 15.7 Å². The third kappa shape index (κ3) is 4.73. The van der Waals surface area contributed by atoms with Crippen LogP contribution in [-0.4, -0.2) is 42.3 Å². The zero-order chi connectivity index (χ0) is 23.6. The fraction of sp³-hybridized carbons (Fsp3) is 0.154. The third-order valence-corrected chi connectivity index (χ3v) is 6.87. The molecule has 0 aliphatic carbocycles. The van der Waals surface area contributed by atoms with E-state index in [0.717, 1.165) is 22.5 Å². The van der Waals surface area contributed by atoms with Gasteiger partial charge in [0.25, 0.3) is 5.91 Å². The maximum absolute atomic E-state index is 13.3. The molecule has 7 heteroatoms. The molecule has 0 spiro atoms. The van der Waals surface area contributed by atoms with Crippen molar-refractivity contribution in [3.8, 4) is 16.9 Å². The number of hydrogen-bond donors (Lipinski definition) is 0. The third-order valence-electron chi connectivity index (χ3n) is 5.74. The van der Waals surface area contributed by atoms with Crippen LogP contribution in [0.4, 0.5) is 0 Å². The smallest absolute Gasteiger partial charge is 0.254 e. The van der Waals surface area contributed by atoms with Crippen molar-refractivity contribution in [1.29, 1.82) is 0 Å². The van der Waals surface area contributed by atoms with Gasteiger partial charge in [-0.25, -0.2) is 13.1 Å². The van der Waals surface area contributed by atoms with Gasteiger partial charge in [0.15, 0.2) is 9.84 Å². The Morgan fingerprint density at radius 1 is 0.939 bits per heavy atom. The van der Waals surface area contributed by atoms with E-state index in [4.69, 9.17) is 0 Å². The van der Waals surface area contributed by atoms with Gasteiger partial charge in [-0.15, -0.1) is 0 Å². The Balaban J connectivity index is 1.59. The summed E-state index contributed by atoms with van der Waals surface area (Å²) in [6.07, 6.45) is 2.92. The van der Waals surface area contributed by atoms with Gasteiger partial charge in [0.05, 0.1) is 28.5 Å². The lowest BCUT2D eigenvalue weighted by atomic mass is 10.1. The van der Waals surface area contributed by atoms with E-state index in [9.17, 15) is 13.2 Å². The highest BCUT2D eigenvalue weighted by atomic mass is 32.2. The van der Waals surface area contributed by atoms with Crippen LogP contribution < -0.4 is 0 Å². The topological polar surface area (TPSA) is 72.3 Å². The molecule has 0 aliphatic heterocycles. The maximum Gasteiger partial charge on any atom is 0.254 e. The number of nitrogens with zero attached hydrogens (tertiary/aromatic N) is 3. The van der Waals surface area contributed by atoms with Gasteiger partial charge < -0.3 is 4.90 Å². The van der Waals surface area contributed by atoms with Crippen molar-refractivity contribution in [1.82, 2.24) is 14.7 Å². The molecule has 6 nitrogen and oxygen atoms in total. The fourth-order valence-electron chi connectivity index (χ4n) is 3.70. The van der Waals surface area contributed by atoms with Gasteiger partial charge in [-0.2, -0.15) is 5.10 Å². The van der Waals surface area contributed by atoms with Gasteiger partial charge in [-0.1, -0.05) is 48.5 Å². The minimum absolute atomic E-state index is 0.134. The molecule has 0 bridgehead atoms. The molecule has 0 saturated carbocycles. The van der Waals surface area contributed by atoms with Gasteiger partial charge in [0.2, 0.25) is 0 Å². The molecule has 0 aliphatic rings. The number of sulfone groups is 1. The Labute approximate surface area is 194 Å². The highest BCUT2D eigenvalue weighted by Gasteiger charge is 2.20. The van der Waals surface area contributed by atoms with Crippen LogP contribution >= 0.6 is 0 Å². The van der Waals surface area contributed by atoms with Crippen LogP contribution in [0.2, 0.25) is 0 Å². The van der Waals surface area contributed by atoms with E-state index in [1.807, 2.05) is 66.2 Å². The summed E-state index contributed by atoms with van der Waals surface area (Å²) in [6, 6.07) is 25.7. The quantitative estimate of drug-likeness (QED) is 0.416. The molecular formula is C26H25N3O3S. The Bertz CT molecular complexity index is 1380. The zero-order valence-electron chi connectivity index (χ0n) is 18.7. The molecule has 33 heavy (non-hydrogen) atoms. The Morgan fingerprint density at radius 2 is 1.64 bits per heavy atom. The standard InChI is InChI=1S/C26H25N3O3S/c1-19(20-12-14-24(15-13-20)33(3,31)32)28(2)26(30)22-10-7-11-23(18-22)29-25(16-17-27-29)21-8-5-4-6-9-21/h4-19H,1-3H3. The van der Waals surface area contributed by atoms with Crippen molar-refractivity contribution in [2.75, 3.05) is 13.3 Å². The molecule has 1 atom stereocenters. The Kier molecular flexibility index (Phi) is 6.16. The Hall–Kier alpha value is -3.71. The Morgan fingerprint density at radius 3 is 2.30 bits per heavy atom. The number of rotatable bonds is 6. The van der Waals surface area contributed by atoms with Crippen molar-refractivity contribution in [2.24, 2.45) is 0 Å². The molecular weight excluding hydrogens is 434 g/mol. The summed E-state index contributed by atoms with van der Waals surface area (Å²) < 4.78 is 25.2. The first-order chi connectivity index (χ1) is 15.8. The van der Waals surface area contributed by atoms with Crippen LogP contribution in [0.3, 0.4) is 0 Å². The highest BCUT2D eigenvalue weighted by Crippen LogP contribution is 2.25. The minimum atomic E-state index is -3.26. The lowest BCUT2D eigenvalue weighted by molar-refractivity contribution is 0.0742. The monoisotopic (exact) mass is 459 g/mol. The molecule has 4 rings (SSSR count). The highest BCUT2D eigenvalue weighted by molar-refractivity contribution is 7.90. The molecule has 168 valence electrons. The van der Waals surface area contributed by atoms with E-state index in [-0.39, 0.29) is 16.8 Å². The number of hydrogen-bond acceptors (Lipinski definition) is 4. The lowest BCUT2D eigenvalue weighted by Crippen LogP contribution is -2.29. The van der Waals surface area contributed by atoms with Gasteiger partial charge in [-0.3, -0.25) is 4.79 Å². The van der Waals surface area contributed by atoms with E-state index in [1.54, 1.807) is 48.5 Å². The summed E-state index contributed by atoms with van der Waals surface area (Å²) in [4.78, 5) is 15.2. The molecule has 0 radical (unpaired) electrons. The molecule has 1 heterocycles. The second-order valence-corrected chi connectivity index (χ2v) is 9.99. The maximum atomic E-state index is 13.3. The van der Waals surface area contributed by atoms with Gasteiger partial charge in [0.1, 0.15) is 0 Å². The summed E-state index contributed by atoms with van der Waals surface area (Å²) in [7, 11) is -1.52. The predicted molar refractivity (Wildman–Crippen MR) is 129 cm³/mol. The number of carbonyl (C=O) groups is 1. The van der Waals surface area contributed by atoms with E-state index in [0.29, 0.717) is 5.56 Å². The summed E-state index contributed by atoms with van der Waals surface area (Å²) in [6.45, 7) is 1.91. The summed E-state index contributed by atoms with van der Waals surface area (Å²) in [5.74, 6) is -0.134. The molecule has 1 unspecified atom stereocenters. The number of benzene rings is 3. The van der Waals surface area contributed by atoms with Crippen LogP contribution in [0.1, 0.15) is 28.9 Å².